The summed E-state index contributed by atoms with van der Waals surface area (Å²) in [7, 11) is 0. The van der Waals surface area contributed by atoms with Gasteiger partial charge in [-0.2, -0.15) is 13.2 Å². The van der Waals surface area contributed by atoms with E-state index in [-0.39, 0.29) is 12.8 Å². The first kappa shape index (κ1) is 11.8. The van der Waals surface area contributed by atoms with Crippen LogP contribution >= 0.6 is 0 Å². The van der Waals surface area contributed by atoms with Crippen LogP contribution in [-0.4, -0.2) is 29.2 Å². The third-order valence-electron chi connectivity index (χ3n) is 2.50. The Labute approximate surface area is 83.5 Å². The van der Waals surface area contributed by atoms with Crippen molar-refractivity contribution in [1.82, 2.24) is 5.32 Å². The number of halogens is 3. The zero-order valence-corrected chi connectivity index (χ0v) is 7.89. The molecule has 0 saturated heterocycles. The minimum absolute atomic E-state index is 0.256. The largest absolute Gasteiger partial charge is 0.480 e. The fourth-order valence-corrected chi connectivity index (χ4v) is 1.51. The molecule has 1 rings (SSSR count). The van der Waals surface area contributed by atoms with E-state index >= 15 is 0 Å². The maximum atomic E-state index is 12.5. The van der Waals surface area contributed by atoms with Gasteiger partial charge < -0.3 is 10.4 Å². The molecule has 1 aliphatic rings. The maximum absolute atomic E-state index is 12.5. The summed E-state index contributed by atoms with van der Waals surface area (Å²) in [6.07, 6.45) is -5.11. The number of nitrogens with one attached hydrogen (secondary N) is 1. The van der Waals surface area contributed by atoms with Gasteiger partial charge in [0.25, 0.3) is 0 Å². The van der Waals surface area contributed by atoms with Crippen molar-refractivity contribution in [3.8, 4) is 0 Å². The van der Waals surface area contributed by atoms with Gasteiger partial charge in [0.05, 0.1) is 5.41 Å². The van der Waals surface area contributed by atoms with E-state index < -0.39 is 29.5 Å². The third-order valence-corrected chi connectivity index (χ3v) is 2.50. The van der Waals surface area contributed by atoms with Crippen molar-refractivity contribution >= 4 is 11.9 Å². The fourth-order valence-electron chi connectivity index (χ4n) is 1.51. The molecule has 0 aromatic carbocycles. The molecule has 0 spiro atoms. The number of aliphatic carboxylic acids is 1. The molecule has 7 heteroatoms. The van der Waals surface area contributed by atoms with Gasteiger partial charge >= 0.3 is 12.1 Å². The minimum atomic E-state index is -4.60. The first-order chi connectivity index (χ1) is 6.71. The van der Waals surface area contributed by atoms with Crippen LogP contribution in [0.25, 0.3) is 0 Å². The van der Waals surface area contributed by atoms with Gasteiger partial charge in [0.2, 0.25) is 5.91 Å². The molecule has 86 valence electrons. The predicted molar refractivity (Wildman–Crippen MR) is 43.0 cm³/mol. The summed E-state index contributed by atoms with van der Waals surface area (Å²) in [5.41, 5.74) is -2.27. The maximum Gasteiger partial charge on any atom is 0.397 e. The highest BCUT2D eigenvalue weighted by atomic mass is 19.4. The Balaban J connectivity index is 2.90. The Kier molecular flexibility index (Phi) is 2.67. The third kappa shape index (κ3) is 2.05. The molecule has 1 aliphatic carbocycles. The first-order valence-corrected chi connectivity index (χ1v) is 4.27. The molecule has 0 bridgehead atoms. The number of rotatable bonds is 3. The zero-order valence-electron chi connectivity index (χ0n) is 7.89. The number of alkyl halides is 3. The monoisotopic (exact) mass is 225 g/mol. The lowest BCUT2D eigenvalue weighted by molar-refractivity contribution is -0.201. The van der Waals surface area contributed by atoms with Gasteiger partial charge in [0, 0.05) is 6.92 Å². The fraction of sp³-hybridized carbons (Fsp3) is 0.750. The Morgan fingerprint density at radius 1 is 1.40 bits per heavy atom. The number of carboxylic acids is 1. The molecule has 2 N–H and O–H groups in total. The van der Waals surface area contributed by atoms with Gasteiger partial charge in [0.1, 0.15) is 6.04 Å². The molecule has 1 fully saturated rings. The smallest absolute Gasteiger partial charge is 0.397 e. The summed E-state index contributed by atoms with van der Waals surface area (Å²) in [5.74, 6) is -2.43. The molecule has 1 atom stereocenters. The average Bonchev–Trinajstić information content (AvgIpc) is 2.77. The van der Waals surface area contributed by atoms with E-state index in [0.29, 0.717) is 0 Å². The summed E-state index contributed by atoms with van der Waals surface area (Å²) in [5, 5.41) is 10.5. The number of hydrogen-bond donors (Lipinski definition) is 2. The van der Waals surface area contributed by atoms with Crippen molar-refractivity contribution in [3.63, 3.8) is 0 Å². The molecule has 15 heavy (non-hydrogen) atoms. The zero-order chi connectivity index (χ0) is 11.9. The molecule has 0 aromatic heterocycles. The Morgan fingerprint density at radius 3 is 2.07 bits per heavy atom. The van der Waals surface area contributed by atoms with Gasteiger partial charge in [-0.3, -0.25) is 4.79 Å². The van der Waals surface area contributed by atoms with Crippen LogP contribution < -0.4 is 5.32 Å². The second-order valence-corrected chi connectivity index (χ2v) is 3.63. The van der Waals surface area contributed by atoms with E-state index in [1.165, 1.54) is 0 Å². The molecule has 1 saturated carbocycles. The van der Waals surface area contributed by atoms with Crippen molar-refractivity contribution in [1.29, 1.82) is 0 Å². The molecule has 1 unspecified atom stereocenters. The molecular formula is C8H10F3NO3. The van der Waals surface area contributed by atoms with Crippen LogP contribution in [0.4, 0.5) is 13.2 Å². The quantitative estimate of drug-likeness (QED) is 0.750. The van der Waals surface area contributed by atoms with Crippen LogP contribution in [0.5, 0.6) is 0 Å². The molecule has 1 amide bonds. The second-order valence-electron chi connectivity index (χ2n) is 3.63. The van der Waals surface area contributed by atoms with Gasteiger partial charge in [-0.1, -0.05) is 0 Å². The number of carboxylic acid groups (broad SMARTS) is 1. The summed E-state index contributed by atoms with van der Waals surface area (Å²) in [6.45, 7) is 0.988. The lowest BCUT2D eigenvalue weighted by atomic mass is 9.95. The molecular weight excluding hydrogens is 215 g/mol. The Hall–Kier alpha value is -1.27. The minimum Gasteiger partial charge on any atom is -0.480 e. The Bertz CT molecular complexity index is 296. The van der Waals surface area contributed by atoms with Gasteiger partial charge in [-0.25, -0.2) is 4.79 Å². The molecule has 0 aliphatic heterocycles. The van der Waals surface area contributed by atoms with Crippen molar-refractivity contribution in [3.05, 3.63) is 0 Å². The van der Waals surface area contributed by atoms with E-state index in [1.807, 2.05) is 5.32 Å². The van der Waals surface area contributed by atoms with Crippen LogP contribution in [0.1, 0.15) is 19.8 Å². The van der Waals surface area contributed by atoms with Crippen molar-refractivity contribution in [2.75, 3.05) is 0 Å². The topological polar surface area (TPSA) is 66.4 Å². The van der Waals surface area contributed by atoms with Crippen molar-refractivity contribution < 1.29 is 27.9 Å². The first-order valence-electron chi connectivity index (χ1n) is 4.27. The number of carbonyl (C=O) groups is 2. The van der Waals surface area contributed by atoms with Gasteiger partial charge in [-0.05, 0) is 12.8 Å². The highest BCUT2D eigenvalue weighted by Gasteiger charge is 2.69. The van der Waals surface area contributed by atoms with Crippen LogP contribution in [0.3, 0.4) is 0 Å². The normalized spacial score (nSPS) is 20.5. The Morgan fingerprint density at radius 2 is 1.87 bits per heavy atom. The van der Waals surface area contributed by atoms with Crippen LogP contribution in [-0.2, 0) is 9.59 Å². The van der Waals surface area contributed by atoms with Crippen LogP contribution in [0.2, 0.25) is 0 Å². The van der Waals surface area contributed by atoms with Gasteiger partial charge in [-0.15, -0.1) is 0 Å². The van der Waals surface area contributed by atoms with Crippen LogP contribution in [0, 0.1) is 5.41 Å². The summed E-state index contributed by atoms with van der Waals surface area (Å²) in [4.78, 5) is 21.3. The lowest BCUT2D eigenvalue weighted by Gasteiger charge is -2.26. The number of carbonyl (C=O) groups excluding carboxylic acids is 1. The standard InChI is InChI=1S/C8H10F3NO3/c1-4(13)12-5(6(14)15)7(2-3-7)8(9,10)11/h5H,2-3H2,1H3,(H,12,13)(H,14,15). The van der Waals surface area contributed by atoms with E-state index in [4.69, 9.17) is 5.11 Å². The molecule has 0 aromatic rings. The van der Waals surface area contributed by atoms with Crippen molar-refractivity contribution in [2.45, 2.75) is 32.0 Å². The van der Waals surface area contributed by atoms with E-state index in [9.17, 15) is 22.8 Å². The lowest BCUT2D eigenvalue weighted by Crippen LogP contribution is -2.51. The predicted octanol–water partition coefficient (Wildman–Crippen LogP) is 0.918. The molecule has 4 nitrogen and oxygen atoms in total. The average molecular weight is 225 g/mol. The molecule has 0 heterocycles. The van der Waals surface area contributed by atoms with E-state index in [0.717, 1.165) is 6.92 Å². The van der Waals surface area contributed by atoms with Gasteiger partial charge in [0.15, 0.2) is 0 Å². The van der Waals surface area contributed by atoms with Crippen LogP contribution in [0.15, 0.2) is 0 Å². The second kappa shape index (κ2) is 3.39. The highest BCUT2D eigenvalue weighted by Crippen LogP contribution is 2.59. The number of hydrogen-bond acceptors (Lipinski definition) is 2. The van der Waals surface area contributed by atoms with E-state index in [1.54, 1.807) is 0 Å². The SMILES string of the molecule is CC(=O)NC(C(=O)O)C1(C(F)(F)F)CC1. The summed E-state index contributed by atoms with van der Waals surface area (Å²) >= 11 is 0. The summed E-state index contributed by atoms with van der Waals surface area (Å²) < 4.78 is 37.6. The highest BCUT2D eigenvalue weighted by molar-refractivity contribution is 5.83. The molecule has 0 radical (unpaired) electrons. The summed E-state index contributed by atoms with van der Waals surface area (Å²) in [6, 6.07) is -1.88. The van der Waals surface area contributed by atoms with E-state index in [2.05, 4.69) is 0 Å². The van der Waals surface area contributed by atoms with Crippen molar-refractivity contribution in [2.24, 2.45) is 5.41 Å². The number of amides is 1.